The molecule has 0 saturated carbocycles. The Labute approximate surface area is 122 Å². The van der Waals surface area contributed by atoms with Crippen LogP contribution in [0.5, 0.6) is 0 Å². The molecule has 0 amide bonds. The van der Waals surface area contributed by atoms with Crippen molar-refractivity contribution in [1.29, 1.82) is 0 Å². The molecule has 0 spiro atoms. The summed E-state index contributed by atoms with van der Waals surface area (Å²) < 4.78 is 5.71. The summed E-state index contributed by atoms with van der Waals surface area (Å²) in [6, 6.07) is 15.3. The fourth-order valence-corrected chi connectivity index (χ4v) is 2.25. The van der Waals surface area contributed by atoms with Crippen molar-refractivity contribution in [2.45, 2.75) is 19.3 Å². The molecule has 1 N–H and O–H groups in total. The molecule has 1 aromatic heterocycles. The van der Waals surface area contributed by atoms with E-state index < -0.39 is 11.9 Å². The van der Waals surface area contributed by atoms with Crippen molar-refractivity contribution in [2.24, 2.45) is 0 Å². The van der Waals surface area contributed by atoms with Gasteiger partial charge in [-0.3, -0.25) is 4.79 Å². The molecule has 0 aliphatic carbocycles. The molecule has 1 unspecified atom stereocenters. The highest BCUT2D eigenvalue weighted by molar-refractivity contribution is 5.79. The van der Waals surface area contributed by atoms with Gasteiger partial charge in [-0.05, 0) is 30.2 Å². The molecule has 2 aromatic carbocycles. The molecule has 4 nitrogen and oxygen atoms in total. The van der Waals surface area contributed by atoms with Crippen molar-refractivity contribution in [3.05, 3.63) is 65.5 Å². The van der Waals surface area contributed by atoms with Crippen molar-refractivity contribution in [1.82, 2.24) is 4.98 Å². The minimum atomic E-state index is -0.845. The first kappa shape index (κ1) is 13.4. The first-order valence-corrected chi connectivity index (χ1v) is 6.79. The molecule has 3 rings (SSSR count). The number of rotatable bonds is 4. The summed E-state index contributed by atoms with van der Waals surface area (Å²) in [5.41, 5.74) is 3.24. The number of nitrogens with zero attached hydrogens (tertiary/aromatic N) is 1. The maximum Gasteiger partial charge on any atom is 0.310 e. The molecule has 0 saturated heterocycles. The van der Waals surface area contributed by atoms with Crippen LogP contribution < -0.4 is 0 Å². The largest absolute Gasteiger partial charge is 0.481 e. The molecule has 106 valence electrons. The number of aliphatic carboxylic acids is 1. The van der Waals surface area contributed by atoms with Crippen LogP contribution in [0.1, 0.15) is 29.9 Å². The maximum atomic E-state index is 11.0. The van der Waals surface area contributed by atoms with Crippen LogP contribution >= 0.6 is 0 Å². The van der Waals surface area contributed by atoms with Gasteiger partial charge >= 0.3 is 5.97 Å². The zero-order valence-corrected chi connectivity index (χ0v) is 11.6. The van der Waals surface area contributed by atoms with Gasteiger partial charge in [-0.15, -0.1) is 0 Å². The quantitative estimate of drug-likeness (QED) is 0.793. The summed E-state index contributed by atoms with van der Waals surface area (Å²) in [7, 11) is 0. The van der Waals surface area contributed by atoms with E-state index in [9.17, 15) is 4.79 Å². The number of aromatic nitrogens is 1. The molecule has 3 aromatic rings. The van der Waals surface area contributed by atoms with E-state index in [0.717, 1.165) is 11.1 Å². The lowest BCUT2D eigenvalue weighted by atomic mass is 10.0. The van der Waals surface area contributed by atoms with Crippen LogP contribution in [0.25, 0.3) is 11.1 Å². The van der Waals surface area contributed by atoms with Gasteiger partial charge in [-0.25, -0.2) is 4.98 Å². The Morgan fingerprint density at radius 1 is 1.24 bits per heavy atom. The van der Waals surface area contributed by atoms with E-state index >= 15 is 0 Å². The second kappa shape index (κ2) is 5.40. The Morgan fingerprint density at radius 3 is 2.71 bits per heavy atom. The van der Waals surface area contributed by atoms with Crippen molar-refractivity contribution >= 4 is 17.1 Å². The second-order valence-corrected chi connectivity index (χ2v) is 5.06. The number of benzene rings is 2. The number of fused-ring (bicyclic) bond motifs is 1. The van der Waals surface area contributed by atoms with Gasteiger partial charge in [0.05, 0.1) is 5.92 Å². The van der Waals surface area contributed by atoms with Crippen molar-refractivity contribution in [2.75, 3.05) is 0 Å². The third kappa shape index (κ3) is 2.79. The molecule has 21 heavy (non-hydrogen) atoms. The number of hydrogen-bond donors (Lipinski definition) is 1. The van der Waals surface area contributed by atoms with Gasteiger partial charge in [0.2, 0.25) is 0 Å². The van der Waals surface area contributed by atoms with Gasteiger partial charge in [0.1, 0.15) is 5.52 Å². The van der Waals surface area contributed by atoms with E-state index in [1.165, 1.54) is 0 Å². The summed E-state index contributed by atoms with van der Waals surface area (Å²) in [5, 5.41) is 9.06. The molecule has 0 aliphatic rings. The zero-order valence-electron chi connectivity index (χ0n) is 11.6. The van der Waals surface area contributed by atoms with E-state index in [1.807, 2.05) is 30.3 Å². The lowest BCUT2D eigenvalue weighted by Crippen LogP contribution is -2.06. The lowest BCUT2D eigenvalue weighted by Gasteiger charge is -2.04. The smallest absolute Gasteiger partial charge is 0.310 e. The topological polar surface area (TPSA) is 63.3 Å². The van der Waals surface area contributed by atoms with Gasteiger partial charge in [0, 0.05) is 6.42 Å². The average Bonchev–Trinajstić information content (AvgIpc) is 2.88. The number of hydrogen-bond acceptors (Lipinski definition) is 3. The fraction of sp³-hybridized carbons (Fsp3) is 0.176. The molecular weight excluding hydrogens is 266 g/mol. The SMILES string of the molecule is CC(C(=O)O)c1ccc2oc(Cc3ccccc3)nc2c1. The predicted octanol–water partition coefficient (Wildman–Crippen LogP) is 3.61. The van der Waals surface area contributed by atoms with Gasteiger partial charge in [0.15, 0.2) is 11.5 Å². The Balaban J connectivity index is 1.91. The van der Waals surface area contributed by atoms with Crippen LogP contribution in [0.15, 0.2) is 52.9 Å². The second-order valence-electron chi connectivity index (χ2n) is 5.06. The highest BCUT2D eigenvalue weighted by Crippen LogP contribution is 2.23. The summed E-state index contributed by atoms with van der Waals surface area (Å²) in [5.74, 6) is -0.762. The number of oxazole rings is 1. The third-order valence-corrected chi connectivity index (χ3v) is 3.52. The molecule has 0 radical (unpaired) electrons. The van der Waals surface area contributed by atoms with Gasteiger partial charge in [-0.1, -0.05) is 36.4 Å². The van der Waals surface area contributed by atoms with E-state index in [1.54, 1.807) is 25.1 Å². The van der Waals surface area contributed by atoms with E-state index in [0.29, 0.717) is 23.4 Å². The minimum absolute atomic E-state index is 0.552. The first-order valence-electron chi connectivity index (χ1n) is 6.79. The average molecular weight is 281 g/mol. The van der Waals surface area contributed by atoms with Crippen LogP contribution in [-0.4, -0.2) is 16.1 Å². The summed E-state index contributed by atoms with van der Waals surface area (Å²) in [4.78, 5) is 15.5. The number of carbonyl (C=O) groups is 1. The highest BCUT2D eigenvalue weighted by Gasteiger charge is 2.15. The molecule has 0 fully saturated rings. The zero-order chi connectivity index (χ0) is 14.8. The highest BCUT2D eigenvalue weighted by atomic mass is 16.4. The van der Waals surface area contributed by atoms with Crippen LogP contribution in [0.3, 0.4) is 0 Å². The van der Waals surface area contributed by atoms with Crippen LogP contribution in [0.2, 0.25) is 0 Å². The molecular formula is C17H15NO3. The third-order valence-electron chi connectivity index (χ3n) is 3.52. The molecule has 0 bridgehead atoms. The molecule has 1 atom stereocenters. The van der Waals surface area contributed by atoms with Gasteiger partial charge in [0.25, 0.3) is 0 Å². The Kier molecular flexibility index (Phi) is 3.44. The standard InChI is InChI=1S/C17H15NO3/c1-11(17(19)20)13-7-8-15-14(10-13)18-16(21-15)9-12-5-3-2-4-6-12/h2-8,10-11H,9H2,1H3,(H,19,20). The van der Waals surface area contributed by atoms with Crippen molar-refractivity contribution in [3.8, 4) is 0 Å². The van der Waals surface area contributed by atoms with Crippen molar-refractivity contribution < 1.29 is 14.3 Å². The van der Waals surface area contributed by atoms with Crippen LogP contribution in [0, 0.1) is 0 Å². The maximum absolute atomic E-state index is 11.0. The Hall–Kier alpha value is -2.62. The van der Waals surface area contributed by atoms with Crippen molar-refractivity contribution in [3.63, 3.8) is 0 Å². The normalized spacial score (nSPS) is 12.4. The van der Waals surface area contributed by atoms with E-state index in [-0.39, 0.29) is 0 Å². The molecule has 4 heteroatoms. The number of carboxylic acids is 1. The summed E-state index contributed by atoms with van der Waals surface area (Å²) >= 11 is 0. The molecule has 1 heterocycles. The minimum Gasteiger partial charge on any atom is -0.481 e. The summed E-state index contributed by atoms with van der Waals surface area (Å²) in [6.45, 7) is 1.66. The van der Waals surface area contributed by atoms with E-state index in [4.69, 9.17) is 9.52 Å². The summed E-state index contributed by atoms with van der Waals surface area (Å²) in [6.07, 6.45) is 0.624. The van der Waals surface area contributed by atoms with Gasteiger partial charge < -0.3 is 9.52 Å². The molecule has 0 aliphatic heterocycles. The lowest BCUT2D eigenvalue weighted by molar-refractivity contribution is -0.138. The monoisotopic (exact) mass is 281 g/mol. The number of carboxylic acid groups (broad SMARTS) is 1. The van der Waals surface area contributed by atoms with Crippen LogP contribution in [0.4, 0.5) is 0 Å². The van der Waals surface area contributed by atoms with Gasteiger partial charge in [-0.2, -0.15) is 0 Å². The predicted molar refractivity (Wildman–Crippen MR) is 79.3 cm³/mol. The van der Waals surface area contributed by atoms with E-state index in [2.05, 4.69) is 4.98 Å². The fourth-order valence-electron chi connectivity index (χ4n) is 2.25. The Bertz CT molecular complexity index is 777. The van der Waals surface area contributed by atoms with Crippen LogP contribution in [-0.2, 0) is 11.2 Å². The Morgan fingerprint density at radius 2 is 2.00 bits per heavy atom. The first-order chi connectivity index (χ1) is 10.1.